The predicted molar refractivity (Wildman–Crippen MR) is 76.6 cm³/mol. The summed E-state index contributed by atoms with van der Waals surface area (Å²) in [5, 5.41) is 47.5. The van der Waals surface area contributed by atoms with Crippen molar-refractivity contribution in [3.05, 3.63) is 26.7 Å². The van der Waals surface area contributed by atoms with Crippen LogP contribution in [0.15, 0.2) is 9.59 Å². The van der Waals surface area contributed by atoms with Gasteiger partial charge in [-0.15, -0.1) is 0 Å². The highest BCUT2D eigenvalue weighted by Gasteiger charge is 2.33. The third-order valence-electron chi connectivity index (χ3n) is 3.65. The Hall–Kier alpha value is -2.05. The number of aliphatic hydroxyl groups is 5. The van der Waals surface area contributed by atoms with Gasteiger partial charge in [-0.1, -0.05) is 0 Å². The number of aryl methyl sites for hydroxylation is 1. The fourth-order valence-corrected chi connectivity index (χ4v) is 2.17. The lowest BCUT2D eigenvalue weighted by atomic mass is 10.0. The van der Waals surface area contributed by atoms with Gasteiger partial charge in [-0.2, -0.15) is 0 Å². The molecule has 23 heavy (non-hydrogen) atoms. The number of fused-ring (bicyclic) bond motifs is 1. The van der Waals surface area contributed by atoms with Crippen molar-refractivity contribution in [1.29, 1.82) is 0 Å². The largest absolute Gasteiger partial charge is 0.394 e. The summed E-state index contributed by atoms with van der Waals surface area (Å²) in [7, 11) is 2.65. The van der Waals surface area contributed by atoms with E-state index >= 15 is 0 Å². The topological polar surface area (TPSA) is 174 Å². The first-order valence-electron chi connectivity index (χ1n) is 6.69. The molecule has 128 valence electrons. The predicted octanol–water partition coefficient (Wildman–Crippen LogP) is -3.93. The Bertz CT molecular complexity index is 823. The Morgan fingerprint density at radius 3 is 2.26 bits per heavy atom. The van der Waals surface area contributed by atoms with E-state index in [1.807, 2.05) is 0 Å². The van der Waals surface area contributed by atoms with Crippen molar-refractivity contribution < 1.29 is 25.5 Å². The first-order valence-corrected chi connectivity index (χ1v) is 6.69. The van der Waals surface area contributed by atoms with E-state index in [2.05, 4.69) is 9.97 Å². The summed E-state index contributed by atoms with van der Waals surface area (Å²) in [4.78, 5) is 30.2. The molecule has 0 aliphatic rings. The van der Waals surface area contributed by atoms with Crippen LogP contribution in [0.5, 0.6) is 0 Å². The highest BCUT2D eigenvalue weighted by atomic mass is 16.4. The lowest BCUT2D eigenvalue weighted by molar-refractivity contribution is -0.117. The fourth-order valence-electron chi connectivity index (χ4n) is 2.17. The lowest BCUT2D eigenvalue weighted by Gasteiger charge is -2.24. The minimum absolute atomic E-state index is 0.0310. The molecular weight excluding hydrogens is 312 g/mol. The van der Waals surface area contributed by atoms with Gasteiger partial charge in [-0.25, -0.2) is 9.78 Å². The number of aromatic nitrogens is 4. The lowest BCUT2D eigenvalue weighted by Crippen LogP contribution is -2.42. The van der Waals surface area contributed by atoms with Gasteiger partial charge in [0.15, 0.2) is 5.65 Å². The van der Waals surface area contributed by atoms with Crippen LogP contribution in [0.4, 0.5) is 0 Å². The molecule has 2 aromatic heterocycles. The van der Waals surface area contributed by atoms with E-state index in [0.717, 1.165) is 9.13 Å². The maximum Gasteiger partial charge on any atom is 0.332 e. The first kappa shape index (κ1) is 17.3. The summed E-state index contributed by atoms with van der Waals surface area (Å²) in [6.07, 6.45) is -7.16. The second kappa shape index (κ2) is 6.22. The number of imidazole rings is 1. The number of nitrogens with one attached hydrogen (secondary N) is 1. The molecule has 0 unspecified atom stereocenters. The normalized spacial score (nSPS) is 17.2. The number of H-pyrrole nitrogens is 1. The van der Waals surface area contributed by atoms with Crippen molar-refractivity contribution in [3.8, 4) is 0 Å². The van der Waals surface area contributed by atoms with Crippen molar-refractivity contribution >= 4 is 11.2 Å². The van der Waals surface area contributed by atoms with E-state index in [1.165, 1.54) is 14.1 Å². The van der Waals surface area contributed by atoms with E-state index in [4.69, 9.17) is 5.11 Å². The van der Waals surface area contributed by atoms with Crippen molar-refractivity contribution in [3.63, 3.8) is 0 Å². The highest BCUT2D eigenvalue weighted by Crippen LogP contribution is 2.19. The summed E-state index contributed by atoms with van der Waals surface area (Å²) in [5.41, 5.74) is -1.38. The second-order valence-corrected chi connectivity index (χ2v) is 5.20. The maximum absolute atomic E-state index is 12.0. The van der Waals surface area contributed by atoms with Crippen LogP contribution in [0.2, 0.25) is 0 Å². The zero-order valence-electron chi connectivity index (χ0n) is 12.4. The van der Waals surface area contributed by atoms with Gasteiger partial charge in [-0.3, -0.25) is 13.9 Å². The molecule has 2 rings (SSSR count). The highest BCUT2D eigenvalue weighted by molar-refractivity contribution is 5.69. The van der Waals surface area contributed by atoms with Gasteiger partial charge in [0.1, 0.15) is 35.8 Å². The van der Waals surface area contributed by atoms with E-state index in [-0.39, 0.29) is 17.0 Å². The molecule has 0 radical (unpaired) electrons. The van der Waals surface area contributed by atoms with Crippen LogP contribution in [0.25, 0.3) is 11.2 Å². The van der Waals surface area contributed by atoms with E-state index < -0.39 is 42.3 Å². The molecule has 11 nitrogen and oxygen atoms in total. The van der Waals surface area contributed by atoms with Crippen LogP contribution >= 0.6 is 0 Å². The van der Waals surface area contributed by atoms with Gasteiger partial charge in [0.05, 0.1) is 6.61 Å². The molecule has 0 aromatic carbocycles. The second-order valence-electron chi connectivity index (χ2n) is 5.20. The third-order valence-corrected chi connectivity index (χ3v) is 3.65. The Morgan fingerprint density at radius 2 is 1.70 bits per heavy atom. The SMILES string of the molecule is Cn1c(=O)c2[nH]c([C@H](O)[C@H](O)[C@H](O)[C@H](O)CO)nc2n(C)c1=O. The maximum atomic E-state index is 12.0. The number of hydrogen-bond acceptors (Lipinski definition) is 8. The monoisotopic (exact) mass is 330 g/mol. The number of nitrogens with zero attached hydrogens (tertiary/aromatic N) is 3. The minimum Gasteiger partial charge on any atom is -0.394 e. The average Bonchev–Trinajstić information content (AvgIpc) is 3.00. The Morgan fingerprint density at radius 1 is 1.09 bits per heavy atom. The third kappa shape index (κ3) is 2.80. The molecule has 11 heteroatoms. The fraction of sp³-hybridized carbons (Fsp3) is 0.583. The number of rotatable bonds is 5. The van der Waals surface area contributed by atoms with Crippen LogP contribution in [-0.4, -0.2) is 69.6 Å². The van der Waals surface area contributed by atoms with Crippen LogP contribution in [0.3, 0.4) is 0 Å². The number of aliphatic hydroxyl groups excluding tert-OH is 5. The van der Waals surface area contributed by atoms with Gasteiger partial charge >= 0.3 is 5.69 Å². The summed E-state index contributed by atoms with van der Waals surface area (Å²) >= 11 is 0. The smallest absolute Gasteiger partial charge is 0.332 e. The number of hydrogen-bond donors (Lipinski definition) is 6. The molecule has 0 fully saturated rings. The molecule has 0 amide bonds. The minimum atomic E-state index is -1.88. The van der Waals surface area contributed by atoms with Crippen molar-refractivity contribution in [2.24, 2.45) is 14.1 Å². The van der Waals surface area contributed by atoms with Crippen LogP contribution in [-0.2, 0) is 14.1 Å². The molecule has 0 aliphatic carbocycles. The molecule has 0 aliphatic heterocycles. The Kier molecular flexibility index (Phi) is 4.68. The van der Waals surface area contributed by atoms with E-state index in [0.29, 0.717) is 0 Å². The van der Waals surface area contributed by atoms with Crippen molar-refractivity contribution in [2.45, 2.75) is 24.4 Å². The van der Waals surface area contributed by atoms with Gasteiger partial charge in [0.25, 0.3) is 5.56 Å². The molecule has 0 saturated carbocycles. The molecule has 4 atom stereocenters. The Balaban J connectivity index is 2.49. The van der Waals surface area contributed by atoms with E-state index in [9.17, 15) is 30.0 Å². The van der Waals surface area contributed by atoms with Gasteiger partial charge in [0.2, 0.25) is 0 Å². The van der Waals surface area contributed by atoms with Crippen LogP contribution in [0.1, 0.15) is 11.9 Å². The molecule has 2 aromatic rings. The Labute approximate surface area is 128 Å². The van der Waals surface area contributed by atoms with Crippen molar-refractivity contribution in [1.82, 2.24) is 19.1 Å². The van der Waals surface area contributed by atoms with Crippen LogP contribution in [0, 0.1) is 0 Å². The molecule has 0 spiro atoms. The van der Waals surface area contributed by atoms with Crippen molar-refractivity contribution in [2.75, 3.05) is 6.61 Å². The van der Waals surface area contributed by atoms with E-state index in [1.54, 1.807) is 0 Å². The average molecular weight is 330 g/mol. The summed E-state index contributed by atoms with van der Waals surface area (Å²) < 4.78 is 1.92. The first-order chi connectivity index (χ1) is 10.7. The van der Waals surface area contributed by atoms with Gasteiger partial charge in [0, 0.05) is 14.1 Å². The standard InChI is InChI=1S/C12H18N4O7/c1-15-10-5(11(22)16(2)12(15)23)13-9(14-10)8(21)7(20)6(19)4(18)3-17/h4,6-8,17-21H,3H2,1-2H3,(H,13,14)/t4-,6-,7-,8-/m1/s1. The quantitative estimate of drug-likeness (QED) is 0.322. The zero-order chi connectivity index (χ0) is 17.5. The molecule has 0 bridgehead atoms. The summed E-state index contributed by atoms with van der Waals surface area (Å²) in [6, 6.07) is 0. The van der Waals surface area contributed by atoms with Gasteiger partial charge < -0.3 is 30.5 Å². The summed E-state index contributed by atoms with van der Waals surface area (Å²) in [5.74, 6) is -0.269. The van der Waals surface area contributed by atoms with Gasteiger partial charge in [-0.05, 0) is 0 Å². The summed E-state index contributed by atoms with van der Waals surface area (Å²) in [6.45, 7) is -0.819. The molecular formula is C12H18N4O7. The zero-order valence-corrected chi connectivity index (χ0v) is 12.4. The van der Waals surface area contributed by atoms with Crippen LogP contribution < -0.4 is 11.2 Å². The molecule has 2 heterocycles. The molecule has 0 saturated heterocycles. The molecule has 6 N–H and O–H groups in total. The number of aromatic amines is 1.